The van der Waals surface area contributed by atoms with Crippen LogP contribution in [-0.2, 0) is 10.0 Å². The Kier molecular flexibility index (Phi) is 4.35. The Labute approximate surface area is 118 Å². The van der Waals surface area contributed by atoms with Gasteiger partial charge in [-0.1, -0.05) is 23.4 Å². The molecular formula is C13H14ClNO3S. The highest BCUT2D eigenvalue weighted by molar-refractivity contribution is 7.93. The summed E-state index contributed by atoms with van der Waals surface area (Å²) >= 11 is 5.92. The van der Waals surface area contributed by atoms with E-state index in [0.717, 1.165) is 0 Å². The van der Waals surface area contributed by atoms with Crippen LogP contribution in [0.5, 0.6) is 0 Å². The number of nitrogens with zero attached hydrogens (tertiary/aromatic N) is 1. The van der Waals surface area contributed by atoms with Crippen molar-refractivity contribution in [3.05, 3.63) is 28.8 Å². The molecule has 1 N–H and O–H groups in total. The van der Waals surface area contributed by atoms with E-state index in [1.54, 1.807) is 18.2 Å². The minimum absolute atomic E-state index is 0.0229. The van der Waals surface area contributed by atoms with E-state index in [4.69, 9.17) is 16.7 Å². The van der Waals surface area contributed by atoms with Gasteiger partial charge >= 0.3 is 0 Å². The molecule has 1 heterocycles. The van der Waals surface area contributed by atoms with Crippen LogP contribution < -0.4 is 4.31 Å². The second kappa shape index (κ2) is 5.83. The summed E-state index contributed by atoms with van der Waals surface area (Å²) in [6.45, 7) is 0.448. The molecule has 1 fully saturated rings. The number of benzene rings is 1. The summed E-state index contributed by atoms with van der Waals surface area (Å²) in [6.07, 6.45) is 0.965. The molecule has 0 aromatic heterocycles. The van der Waals surface area contributed by atoms with Crippen molar-refractivity contribution in [1.29, 1.82) is 0 Å². The standard InChI is InChI=1S/C13H14ClNO3S/c14-12-5-6-13(11(10-12)4-1-2-8-16)15-7-3-9-19(15,17)18/h5-6,10,16H,2-3,7-9H2. The van der Waals surface area contributed by atoms with Crippen LogP contribution in [0, 0.1) is 11.8 Å². The summed E-state index contributed by atoms with van der Waals surface area (Å²) < 4.78 is 25.2. The zero-order valence-electron chi connectivity index (χ0n) is 10.3. The van der Waals surface area contributed by atoms with Crippen molar-refractivity contribution in [2.45, 2.75) is 12.8 Å². The fourth-order valence-corrected chi connectivity index (χ4v) is 3.70. The Morgan fingerprint density at radius 3 is 2.84 bits per heavy atom. The molecule has 0 amide bonds. The number of aliphatic hydroxyl groups is 1. The zero-order chi connectivity index (χ0) is 13.9. The number of rotatable bonds is 2. The first-order valence-corrected chi connectivity index (χ1v) is 7.93. The smallest absolute Gasteiger partial charge is 0.235 e. The molecule has 1 aliphatic rings. The predicted octanol–water partition coefficient (Wildman–Crippen LogP) is 1.61. The largest absolute Gasteiger partial charge is 0.395 e. The van der Waals surface area contributed by atoms with E-state index in [9.17, 15) is 8.42 Å². The van der Waals surface area contributed by atoms with Gasteiger partial charge in [-0.2, -0.15) is 0 Å². The van der Waals surface area contributed by atoms with Crippen LogP contribution in [0.15, 0.2) is 18.2 Å². The molecule has 0 saturated carbocycles. The topological polar surface area (TPSA) is 57.6 Å². The van der Waals surface area contributed by atoms with Crippen molar-refractivity contribution in [2.24, 2.45) is 0 Å². The van der Waals surface area contributed by atoms with Crippen molar-refractivity contribution < 1.29 is 13.5 Å². The van der Waals surface area contributed by atoms with Crippen molar-refractivity contribution in [1.82, 2.24) is 0 Å². The van der Waals surface area contributed by atoms with E-state index in [2.05, 4.69) is 11.8 Å². The second-order valence-electron chi connectivity index (χ2n) is 4.18. The van der Waals surface area contributed by atoms with Crippen LogP contribution in [-0.4, -0.2) is 32.4 Å². The highest BCUT2D eigenvalue weighted by Crippen LogP contribution is 2.29. The number of anilines is 1. The highest BCUT2D eigenvalue weighted by atomic mass is 35.5. The molecule has 1 saturated heterocycles. The van der Waals surface area contributed by atoms with Gasteiger partial charge in [-0.25, -0.2) is 8.42 Å². The third-order valence-corrected chi connectivity index (χ3v) is 4.88. The summed E-state index contributed by atoms with van der Waals surface area (Å²) in [7, 11) is -3.23. The number of hydrogen-bond acceptors (Lipinski definition) is 3. The van der Waals surface area contributed by atoms with Gasteiger partial charge in [0.25, 0.3) is 0 Å². The number of hydrogen-bond donors (Lipinski definition) is 1. The van der Waals surface area contributed by atoms with Gasteiger partial charge in [0.2, 0.25) is 10.0 Å². The first-order chi connectivity index (χ1) is 9.04. The van der Waals surface area contributed by atoms with Gasteiger partial charge in [0.05, 0.1) is 23.6 Å². The summed E-state index contributed by atoms with van der Waals surface area (Å²) in [4.78, 5) is 0. The molecule has 19 heavy (non-hydrogen) atoms. The number of sulfonamides is 1. The van der Waals surface area contributed by atoms with Crippen molar-refractivity contribution in [3.63, 3.8) is 0 Å². The molecule has 0 spiro atoms. The molecule has 2 rings (SSSR count). The molecule has 0 unspecified atom stereocenters. The van der Waals surface area contributed by atoms with E-state index in [1.165, 1.54) is 4.31 Å². The minimum Gasteiger partial charge on any atom is -0.395 e. The Bertz CT molecular complexity index is 631. The maximum Gasteiger partial charge on any atom is 0.235 e. The SMILES string of the molecule is O=S1(=O)CCCN1c1ccc(Cl)cc1C#CCCO. The second-order valence-corrected chi connectivity index (χ2v) is 6.63. The predicted molar refractivity (Wildman–Crippen MR) is 75.8 cm³/mol. The maximum atomic E-state index is 11.9. The summed E-state index contributed by atoms with van der Waals surface area (Å²) in [5, 5.41) is 9.24. The fraction of sp³-hybridized carbons (Fsp3) is 0.385. The van der Waals surface area contributed by atoms with Crippen molar-refractivity contribution >= 4 is 27.3 Å². The molecule has 1 aromatic rings. The molecule has 0 aliphatic carbocycles. The van der Waals surface area contributed by atoms with E-state index in [-0.39, 0.29) is 12.4 Å². The Hall–Kier alpha value is -1.22. The third-order valence-electron chi connectivity index (χ3n) is 2.79. The zero-order valence-corrected chi connectivity index (χ0v) is 11.8. The average Bonchev–Trinajstić information content (AvgIpc) is 2.70. The van der Waals surface area contributed by atoms with E-state index in [1.807, 2.05) is 0 Å². The lowest BCUT2D eigenvalue weighted by Gasteiger charge is -2.18. The Morgan fingerprint density at radius 1 is 1.42 bits per heavy atom. The van der Waals surface area contributed by atoms with Crippen LogP contribution in [0.3, 0.4) is 0 Å². The van der Waals surface area contributed by atoms with Gasteiger partial charge in [-0.3, -0.25) is 4.31 Å². The lowest BCUT2D eigenvalue weighted by atomic mass is 10.1. The third kappa shape index (κ3) is 3.21. The first kappa shape index (κ1) is 14.2. The van der Waals surface area contributed by atoms with Crippen molar-refractivity contribution in [2.75, 3.05) is 23.2 Å². The van der Waals surface area contributed by atoms with Crippen LogP contribution in [0.25, 0.3) is 0 Å². The van der Waals surface area contributed by atoms with Gasteiger partial charge in [0.15, 0.2) is 0 Å². The Morgan fingerprint density at radius 2 is 2.21 bits per heavy atom. The van der Waals surface area contributed by atoms with Gasteiger partial charge in [-0.05, 0) is 24.6 Å². The van der Waals surface area contributed by atoms with E-state index in [0.29, 0.717) is 35.7 Å². The van der Waals surface area contributed by atoms with Crippen LogP contribution in [0.1, 0.15) is 18.4 Å². The lowest BCUT2D eigenvalue weighted by molar-refractivity contribution is 0.305. The lowest BCUT2D eigenvalue weighted by Crippen LogP contribution is -2.25. The number of halogens is 1. The van der Waals surface area contributed by atoms with E-state index < -0.39 is 10.0 Å². The van der Waals surface area contributed by atoms with Gasteiger partial charge < -0.3 is 5.11 Å². The van der Waals surface area contributed by atoms with Crippen LogP contribution >= 0.6 is 11.6 Å². The Balaban J connectivity index is 2.43. The molecular weight excluding hydrogens is 286 g/mol. The molecule has 102 valence electrons. The van der Waals surface area contributed by atoms with Crippen LogP contribution in [0.2, 0.25) is 5.02 Å². The molecule has 1 aromatic carbocycles. The van der Waals surface area contributed by atoms with E-state index >= 15 is 0 Å². The quantitative estimate of drug-likeness (QED) is 0.844. The molecule has 6 heteroatoms. The summed E-state index contributed by atoms with van der Waals surface area (Å²) in [6, 6.07) is 4.98. The van der Waals surface area contributed by atoms with Gasteiger partial charge in [-0.15, -0.1) is 0 Å². The van der Waals surface area contributed by atoms with Crippen LogP contribution in [0.4, 0.5) is 5.69 Å². The number of aliphatic hydroxyl groups excluding tert-OH is 1. The van der Waals surface area contributed by atoms with Gasteiger partial charge in [0, 0.05) is 18.0 Å². The molecule has 0 atom stereocenters. The first-order valence-electron chi connectivity index (χ1n) is 5.94. The fourth-order valence-electron chi connectivity index (χ4n) is 1.95. The maximum absolute atomic E-state index is 11.9. The molecule has 0 radical (unpaired) electrons. The van der Waals surface area contributed by atoms with Crippen molar-refractivity contribution in [3.8, 4) is 11.8 Å². The highest BCUT2D eigenvalue weighted by Gasteiger charge is 2.29. The molecule has 0 bridgehead atoms. The molecule has 4 nitrogen and oxygen atoms in total. The normalized spacial score (nSPS) is 17.1. The summed E-state index contributed by atoms with van der Waals surface area (Å²) in [5.74, 6) is 5.82. The minimum atomic E-state index is -3.23. The van der Waals surface area contributed by atoms with Gasteiger partial charge in [0.1, 0.15) is 0 Å². The molecule has 1 aliphatic heterocycles. The monoisotopic (exact) mass is 299 g/mol. The average molecular weight is 300 g/mol. The summed E-state index contributed by atoms with van der Waals surface area (Å²) in [5.41, 5.74) is 1.14.